The van der Waals surface area contributed by atoms with Crippen molar-refractivity contribution in [3.63, 3.8) is 0 Å². The summed E-state index contributed by atoms with van der Waals surface area (Å²) >= 11 is 2.89. The molecule has 0 radical (unpaired) electrons. The fourth-order valence-electron chi connectivity index (χ4n) is 2.44. The Morgan fingerprint density at radius 3 is 2.60 bits per heavy atom. The maximum Gasteiger partial charge on any atom is 0.282 e. The van der Waals surface area contributed by atoms with Crippen LogP contribution < -0.4 is 0 Å². The average Bonchev–Trinajstić information content (AvgIpc) is 3.12. The van der Waals surface area contributed by atoms with E-state index in [0.29, 0.717) is 6.67 Å². The van der Waals surface area contributed by atoms with Crippen LogP contribution in [-0.4, -0.2) is 71.0 Å². The van der Waals surface area contributed by atoms with E-state index in [0.717, 1.165) is 43.4 Å². The maximum absolute atomic E-state index is 12.2. The standard InChI is InChI=1S/C13H17N3O2S2/c17-12(11-2-1-8-19-11)15-5-3-14(4-6-15)10-16-7-9-20-13(16)18/h1-2,8H,3-7,9-10H2. The number of thiophene rings is 1. The molecule has 2 saturated heterocycles. The largest absolute Gasteiger partial charge is 0.335 e. The van der Waals surface area contributed by atoms with Crippen LogP contribution >= 0.6 is 23.1 Å². The molecule has 2 aliphatic rings. The molecular weight excluding hydrogens is 294 g/mol. The topological polar surface area (TPSA) is 43.9 Å². The predicted molar refractivity (Wildman–Crippen MR) is 81.2 cm³/mol. The summed E-state index contributed by atoms with van der Waals surface area (Å²) in [4.78, 5) is 30.6. The van der Waals surface area contributed by atoms with Crippen molar-refractivity contribution in [3.8, 4) is 0 Å². The van der Waals surface area contributed by atoms with E-state index in [4.69, 9.17) is 0 Å². The third-order valence-corrected chi connectivity index (χ3v) is 5.36. The van der Waals surface area contributed by atoms with Crippen molar-refractivity contribution in [2.75, 3.05) is 45.1 Å². The molecule has 20 heavy (non-hydrogen) atoms. The lowest BCUT2D eigenvalue weighted by atomic mass is 10.3. The molecule has 0 N–H and O–H groups in total. The summed E-state index contributed by atoms with van der Waals surface area (Å²) in [7, 11) is 0. The third-order valence-electron chi connectivity index (χ3n) is 3.61. The molecular formula is C13H17N3O2S2. The molecule has 5 nitrogen and oxygen atoms in total. The number of carbonyl (C=O) groups is 2. The zero-order valence-electron chi connectivity index (χ0n) is 11.2. The van der Waals surface area contributed by atoms with Gasteiger partial charge >= 0.3 is 0 Å². The lowest BCUT2D eigenvalue weighted by Crippen LogP contribution is -2.51. The number of hydrogen-bond donors (Lipinski definition) is 0. The van der Waals surface area contributed by atoms with Crippen LogP contribution in [0.1, 0.15) is 9.67 Å². The number of thioether (sulfide) groups is 1. The van der Waals surface area contributed by atoms with Gasteiger partial charge in [0.15, 0.2) is 0 Å². The fourth-order valence-corrected chi connectivity index (χ4v) is 3.95. The number of piperazine rings is 1. The third kappa shape index (κ3) is 2.99. The first-order valence-corrected chi connectivity index (χ1v) is 8.57. The number of hydrogen-bond acceptors (Lipinski definition) is 5. The molecule has 0 aromatic carbocycles. The highest BCUT2D eigenvalue weighted by Gasteiger charge is 2.27. The van der Waals surface area contributed by atoms with Gasteiger partial charge < -0.3 is 9.80 Å². The van der Waals surface area contributed by atoms with Gasteiger partial charge in [-0.3, -0.25) is 14.5 Å². The molecule has 0 aliphatic carbocycles. The van der Waals surface area contributed by atoms with Crippen molar-refractivity contribution in [3.05, 3.63) is 22.4 Å². The van der Waals surface area contributed by atoms with E-state index in [9.17, 15) is 9.59 Å². The summed E-state index contributed by atoms with van der Waals surface area (Å²) in [5, 5.41) is 2.11. The molecule has 0 unspecified atom stereocenters. The second-order valence-corrected chi connectivity index (χ2v) is 6.90. The molecule has 2 aliphatic heterocycles. The van der Waals surface area contributed by atoms with Crippen LogP contribution in [0.5, 0.6) is 0 Å². The van der Waals surface area contributed by atoms with Gasteiger partial charge in [0.05, 0.1) is 11.5 Å². The Kier molecular flexibility index (Phi) is 4.28. The molecule has 0 spiro atoms. The Bertz CT molecular complexity index is 484. The van der Waals surface area contributed by atoms with Gasteiger partial charge in [-0.2, -0.15) is 0 Å². The van der Waals surface area contributed by atoms with Crippen LogP contribution in [0.15, 0.2) is 17.5 Å². The van der Waals surface area contributed by atoms with E-state index in [1.54, 1.807) is 0 Å². The van der Waals surface area contributed by atoms with Gasteiger partial charge in [-0.25, -0.2) is 0 Å². The van der Waals surface area contributed by atoms with Crippen molar-refractivity contribution in [1.29, 1.82) is 0 Å². The molecule has 3 rings (SSSR count). The molecule has 0 saturated carbocycles. The first-order chi connectivity index (χ1) is 9.74. The first-order valence-electron chi connectivity index (χ1n) is 6.71. The van der Waals surface area contributed by atoms with E-state index in [1.807, 2.05) is 27.3 Å². The van der Waals surface area contributed by atoms with Crippen LogP contribution in [0.2, 0.25) is 0 Å². The van der Waals surface area contributed by atoms with Crippen molar-refractivity contribution in [1.82, 2.24) is 14.7 Å². The quantitative estimate of drug-likeness (QED) is 0.851. The summed E-state index contributed by atoms with van der Waals surface area (Å²) in [6, 6.07) is 3.78. The van der Waals surface area contributed by atoms with Gasteiger partial charge in [0.2, 0.25) is 0 Å². The zero-order valence-corrected chi connectivity index (χ0v) is 12.8. The summed E-state index contributed by atoms with van der Waals surface area (Å²) in [6.07, 6.45) is 0. The second kappa shape index (κ2) is 6.15. The SMILES string of the molecule is O=C1SCCN1CN1CCN(C(=O)c2cccs2)CC1. The van der Waals surface area contributed by atoms with Crippen molar-refractivity contribution < 1.29 is 9.59 Å². The van der Waals surface area contributed by atoms with Crippen LogP contribution in [0.3, 0.4) is 0 Å². The van der Waals surface area contributed by atoms with Crippen molar-refractivity contribution in [2.24, 2.45) is 0 Å². The highest BCUT2D eigenvalue weighted by molar-refractivity contribution is 8.13. The molecule has 7 heteroatoms. The van der Waals surface area contributed by atoms with Gasteiger partial charge in [-0.05, 0) is 11.4 Å². The molecule has 3 heterocycles. The Hall–Kier alpha value is -1.05. The van der Waals surface area contributed by atoms with E-state index in [2.05, 4.69) is 4.90 Å². The summed E-state index contributed by atoms with van der Waals surface area (Å²) in [5.74, 6) is 1.03. The Morgan fingerprint density at radius 2 is 2.00 bits per heavy atom. The van der Waals surface area contributed by atoms with E-state index in [1.165, 1.54) is 23.1 Å². The molecule has 2 amide bonds. The van der Waals surface area contributed by atoms with E-state index < -0.39 is 0 Å². The minimum Gasteiger partial charge on any atom is -0.335 e. The van der Waals surface area contributed by atoms with Gasteiger partial charge in [0.25, 0.3) is 11.1 Å². The van der Waals surface area contributed by atoms with Crippen LogP contribution in [0, 0.1) is 0 Å². The Balaban J connectivity index is 1.49. The average molecular weight is 311 g/mol. The normalized spacial score (nSPS) is 20.7. The predicted octanol–water partition coefficient (Wildman–Crippen LogP) is 1.63. The molecule has 2 fully saturated rings. The second-order valence-electron chi connectivity index (χ2n) is 4.91. The first kappa shape index (κ1) is 13.9. The minimum absolute atomic E-state index is 0.132. The Labute approximate surface area is 126 Å². The number of rotatable bonds is 3. The molecule has 108 valence electrons. The smallest absolute Gasteiger partial charge is 0.282 e. The minimum atomic E-state index is 0.132. The number of nitrogens with zero attached hydrogens (tertiary/aromatic N) is 3. The van der Waals surface area contributed by atoms with E-state index >= 15 is 0 Å². The zero-order chi connectivity index (χ0) is 13.9. The molecule has 0 bridgehead atoms. The van der Waals surface area contributed by atoms with Crippen LogP contribution in [-0.2, 0) is 0 Å². The van der Waals surface area contributed by atoms with Gasteiger partial charge in [-0.1, -0.05) is 17.8 Å². The lowest BCUT2D eigenvalue weighted by molar-refractivity contribution is 0.0578. The maximum atomic E-state index is 12.2. The van der Waals surface area contributed by atoms with Crippen molar-refractivity contribution in [2.45, 2.75) is 0 Å². The lowest BCUT2D eigenvalue weighted by Gasteiger charge is -2.36. The summed E-state index contributed by atoms with van der Waals surface area (Å²) in [5.41, 5.74) is 0. The summed E-state index contributed by atoms with van der Waals surface area (Å²) in [6.45, 7) is 4.71. The molecule has 0 atom stereocenters. The van der Waals surface area contributed by atoms with Gasteiger partial charge in [0, 0.05) is 38.5 Å². The highest BCUT2D eigenvalue weighted by Crippen LogP contribution is 2.18. The van der Waals surface area contributed by atoms with Gasteiger partial charge in [-0.15, -0.1) is 11.3 Å². The van der Waals surface area contributed by atoms with Crippen molar-refractivity contribution >= 4 is 34.2 Å². The molecule has 1 aromatic rings. The highest BCUT2D eigenvalue weighted by atomic mass is 32.2. The van der Waals surface area contributed by atoms with Gasteiger partial charge in [0.1, 0.15) is 0 Å². The monoisotopic (exact) mass is 311 g/mol. The van der Waals surface area contributed by atoms with E-state index in [-0.39, 0.29) is 11.1 Å². The van der Waals surface area contributed by atoms with Crippen LogP contribution in [0.25, 0.3) is 0 Å². The number of amides is 2. The van der Waals surface area contributed by atoms with Crippen LogP contribution in [0.4, 0.5) is 4.79 Å². The molecule has 1 aromatic heterocycles. The summed E-state index contributed by atoms with van der Waals surface area (Å²) < 4.78 is 0. The fraction of sp³-hybridized carbons (Fsp3) is 0.538. The Morgan fingerprint density at radius 1 is 1.20 bits per heavy atom. The number of carbonyl (C=O) groups excluding carboxylic acids is 2.